The third-order valence-electron chi connectivity index (χ3n) is 3.24. The lowest BCUT2D eigenvalue weighted by molar-refractivity contribution is 0.0215. The number of halogens is 1. The Bertz CT molecular complexity index is 394. The van der Waals surface area contributed by atoms with Crippen LogP contribution in [0.2, 0.25) is 5.02 Å². The summed E-state index contributed by atoms with van der Waals surface area (Å²) in [7, 11) is 2.02. The second-order valence-corrected chi connectivity index (χ2v) is 5.08. The summed E-state index contributed by atoms with van der Waals surface area (Å²) in [6.07, 6.45) is 3.86. The van der Waals surface area contributed by atoms with Crippen LogP contribution < -0.4 is 10.6 Å². The van der Waals surface area contributed by atoms with Crippen molar-refractivity contribution in [3.05, 3.63) is 22.8 Å². The van der Waals surface area contributed by atoms with Crippen LogP contribution in [-0.4, -0.2) is 31.3 Å². The van der Waals surface area contributed by atoms with Gasteiger partial charge in [-0.3, -0.25) is 0 Å². The normalized spacial score (nSPS) is 19.8. The molecule has 0 radical (unpaired) electrons. The van der Waals surface area contributed by atoms with Gasteiger partial charge in [-0.05, 0) is 31.4 Å². The maximum atomic E-state index is 6.01. The van der Waals surface area contributed by atoms with Gasteiger partial charge >= 0.3 is 0 Å². The SMILES string of the molecule is CN(CC1CCCCO1)c1ccc(Cl)c(CN)n1. The summed E-state index contributed by atoms with van der Waals surface area (Å²) in [5.74, 6) is 0.897. The zero-order valence-corrected chi connectivity index (χ0v) is 11.5. The van der Waals surface area contributed by atoms with Crippen LogP contribution in [0.3, 0.4) is 0 Å². The van der Waals surface area contributed by atoms with Crippen molar-refractivity contribution in [3.63, 3.8) is 0 Å². The molecule has 1 aliphatic heterocycles. The molecule has 4 nitrogen and oxygen atoms in total. The summed E-state index contributed by atoms with van der Waals surface area (Å²) in [5, 5.41) is 0.628. The summed E-state index contributed by atoms with van der Waals surface area (Å²) in [5.41, 5.74) is 6.36. The Morgan fingerprint density at radius 2 is 2.33 bits per heavy atom. The van der Waals surface area contributed by atoms with Crippen LogP contribution in [0.15, 0.2) is 12.1 Å². The zero-order valence-electron chi connectivity index (χ0n) is 10.7. The summed E-state index contributed by atoms with van der Waals surface area (Å²) >= 11 is 6.01. The second kappa shape index (κ2) is 6.36. The van der Waals surface area contributed by atoms with Gasteiger partial charge in [-0.2, -0.15) is 0 Å². The molecule has 2 rings (SSSR count). The molecule has 1 aliphatic rings. The van der Waals surface area contributed by atoms with E-state index >= 15 is 0 Å². The Morgan fingerprint density at radius 3 is 3.00 bits per heavy atom. The van der Waals surface area contributed by atoms with Crippen LogP contribution >= 0.6 is 11.6 Å². The fourth-order valence-corrected chi connectivity index (χ4v) is 2.36. The highest BCUT2D eigenvalue weighted by Crippen LogP contribution is 2.20. The molecule has 0 aliphatic carbocycles. The lowest BCUT2D eigenvalue weighted by Gasteiger charge is -2.28. The summed E-state index contributed by atoms with van der Waals surface area (Å²) < 4.78 is 5.73. The molecule has 5 heteroatoms. The van der Waals surface area contributed by atoms with Crippen LogP contribution in [0.4, 0.5) is 5.82 Å². The molecule has 1 unspecified atom stereocenters. The molecular weight excluding hydrogens is 250 g/mol. The van der Waals surface area contributed by atoms with Crippen LogP contribution in [0, 0.1) is 0 Å². The number of nitrogens with two attached hydrogens (primary N) is 1. The highest BCUT2D eigenvalue weighted by atomic mass is 35.5. The molecule has 18 heavy (non-hydrogen) atoms. The van der Waals surface area contributed by atoms with Crippen LogP contribution in [-0.2, 0) is 11.3 Å². The predicted octanol–water partition coefficient (Wildman–Crippen LogP) is 2.20. The van der Waals surface area contributed by atoms with Crippen molar-refractivity contribution in [1.29, 1.82) is 0 Å². The van der Waals surface area contributed by atoms with Crippen molar-refractivity contribution in [1.82, 2.24) is 4.98 Å². The first-order valence-corrected chi connectivity index (χ1v) is 6.76. The number of nitrogens with zero attached hydrogens (tertiary/aromatic N) is 2. The van der Waals surface area contributed by atoms with E-state index in [1.165, 1.54) is 12.8 Å². The summed E-state index contributed by atoms with van der Waals surface area (Å²) in [4.78, 5) is 6.57. The number of anilines is 1. The molecule has 1 atom stereocenters. The van der Waals surface area contributed by atoms with Gasteiger partial charge in [0, 0.05) is 26.7 Å². The van der Waals surface area contributed by atoms with Crippen molar-refractivity contribution in [2.45, 2.75) is 31.9 Å². The minimum absolute atomic E-state index is 0.308. The summed E-state index contributed by atoms with van der Waals surface area (Å²) in [6.45, 7) is 2.10. The molecule has 1 aromatic heterocycles. The van der Waals surface area contributed by atoms with Crippen LogP contribution in [0.1, 0.15) is 25.0 Å². The van der Waals surface area contributed by atoms with E-state index in [9.17, 15) is 0 Å². The number of likely N-dealkylation sites (N-methyl/N-ethyl adjacent to an activating group) is 1. The Balaban J connectivity index is 2.01. The number of pyridine rings is 1. The number of hydrogen-bond acceptors (Lipinski definition) is 4. The monoisotopic (exact) mass is 269 g/mol. The largest absolute Gasteiger partial charge is 0.376 e. The Kier molecular flexibility index (Phi) is 4.80. The second-order valence-electron chi connectivity index (χ2n) is 4.67. The van der Waals surface area contributed by atoms with E-state index in [0.717, 1.165) is 31.1 Å². The Hall–Kier alpha value is -0.840. The standard InChI is InChI=1S/C13H20ClN3O/c1-17(9-10-4-2-3-7-18-10)13-6-5-11(14)12(8-15)16-13/h5-6,10H,2-4,7-9,15H2,1H3. The molecule has 1 saturated heterocycles. The lowest BCUT2D eigenvalue weighted by atomic mass is 10.1. The molecule has 2 N–H and O–H groups in total. The molecule has 0 aromatic carbocycles. The highest BCUT2D eigenvalue weighted by Gasteiger charge is 2.17. The molecule has 0 saturated carbocycles. The molecule has 0 bridgehead atoms. The minimum Gasteiger partial charge on any atom is -0.376 e. The first-order valence-electron chi connectivity index (χ1n) is 6.39. The maximum absolute atomic E-state index is 6.01. The van der Waals surface area contributed by atoms with Crippen molar-refractivity contribution < 1.29 is 4.74 Å². The van der Waals surface area contributed by atoms with Gasteiger partial charge in [-0.1, -0.05) is 11.6 Å². The molecule has 1 aromatic rings. The highest BCUT2D eigenvalue weighted by molar-refractivity contribution is 6.31. The van der Waals surface area contributed by atoms with E-state index in [4.69, 9.17) is 22.1 Å². The van der Waals surface area contributed by atoms with Crippen LogP contribution in [0.5, 0.6) is 0 Å². The zero-order chi connectivity index (χ0) is 13.0. The average Bonchev–Trinajstić information content (AvgIpc) is 2.40. The molecule has 0 spiro atoms. The van der Waals surface area contributed by atoms with Crippen molar-refractivity contribution >= 4 is 17.4 Å². The molecule has 100 valence electrons. The van der Waals surface area contributed by atoms with E-state index in [0.29, 0.717) is 17.7 Å². The van der Waals surface area contributed by atoms with Crippen molar-refractivity contribution in [3.8, 4) is 0 Å². The van der Waals surface area contributed by atoms with Crippen LogP contribution in [0.25, 0.3) is 0 Å². The topological polar surface area (TPSA) is 51.4 Å². The molecule has 2 heterocycles. The van der Waals surface area contributed by atoms with Crippen molar-refractivity contribution in [2.75, 3.05) is 25.1 Å². The number of hydrogen-bond donors (Lipinski definition) is 1. The number of aromatic nitrogens is 1. The average molecular weight is 270 g/mol. The van der Waals surface area contributed by atoms with Gasteiger partial charge in [0.1, 0.15) is 5.82 Å². The molecule has 1 fully saturated rings. The lowest BCUT2D eigenvalue weighted by Crippen LogP contribution is -2.33. The number of rotatable bonds is 4. The van der Waals surface area contributed by atoms with Gasteiger partial charge in [0.25, 0.3) is 0 Å². The first kappa shape index (κ1) is 13.6. The van der Waals surface area contributed by atoms with Gasteiger partial charge in [0.15, 0.2) is 0 Å². The van der Waals surface area contributed by atoms with E-state index in [-0.39, 0.29) is 0 Å². The molecule has 0 amide bonds. The third kappa shape index (κ3) is 3.34. The van der Waals surface area contributed by atoms with Gasteiger partial charge in [0.05, 0.1) is 16.8 Å². The first-order chi connectivity index (χ1) is 8.70. The van der Waals surface area contributed by atoms with E-state index in [1.54, 1.807) is 0 Å². The quantitative estimate of drug-likeness (QED) is 0.910. The maximum Gasteiger partial charge on any atom is 0.128 e. The van der Waals surface area contributed by atoms with Gasteiger partial charge in [0.2, 0.25) is 0 Å². The Labute approximate surface area is 113 Å². The van der Waals surface area contributed by atoms with Gasteiger partial charge in [-0.25, -0.2) is 4.98 Å². The minimum atomic E-state index is 0.308. The smallest absolute Gasteiger partial charge is 0.128 e. The molecular formula is C13H20ClN3O. The van der Waals surface area contributed by atoms with E-state index < -0.39 is 0 Å². The fourth-order valence-electron chi connectivity index (χ4n) is 2.18. The Morgan fingerprint density at radius 1 is 1.50 bits per heavy atom. The predicted molar refractivity (Wildman–Crippen MR) is 74.0 cm³/mol. The van der Waals surface area contributed by atoms with Gasteiger partial charge in [-0.15, -0.1) is 0 Å². The van der Waals surface area contributed by atoms with Gasteiger partial charge < -0.3 is 15.4 Å². The van der Waals surface area contributed by atoms with E-state index in [1.807, 2.05) is 19.2 Å². The van der Waals surface area contributed by atoms with Crippen molar-refractivity contribution in [2.24, 2.45) is 5.73 Å². The summed E-state index contributed by atoms with van der Waals surface area (Å²) in [6, 6.07) is 3.77. The number of ether oxygens (including phenoxy) is 1. The van der Waals surface area contributed by atoms with E-state index in [2.05, 4.69) is 9.88 Å². The third-order valence-corrected chi connectivity index (χ3v) is 3.58. The fraction of sp³-hybridized carbons (Fsp3) is 0.615.